The van der Waals surface area contributed by atoms with Gasteiger partial charge in [-0.1, -0.05) is 38.0 Å². The molecule has 2 nitrogen and oxygen atoms in total. The van der Waals surface area contributed by atoms with Crippen LogP contribution in [0.3, 0.4) is 0 Å². The molecule has 0 saturated carbocycles. The summed E-state index contributed by atoms with van der Waals surface area (Å²) in [5.41, 5.74) is 5.63. The maximum Gasteiger partial charge on any atom is 0.0596 e. The predicted octanol–water partition coefficient (Wildman–Crippen LogP) is 4.33. The lowest BCUT2D eigenvalue weighted by Crippen LogP contribution is -2.25. The molecule has 1 aliphatic rings. The van der Waals surface area contributed by atoms with Gasteiger partial charge in [0, 0.05) is 23.6 Å². The fraction of sp³-hybridized carbons (Fsp3) is 0.429. The smallest absolute Gasteiger partial charge is 0.0596 e. The number of hydrogen-bond donors (Lipinski definition) is 1. The van der Waals surface area contributed by atoms with Crippen molar-refractivity contribution in [3.05, 3.63) is 41.6 Å². The predicted molar refractivity (Wildman–Crippen MR) is 99.3 cm³/mol. The van der Waals surface area contributed by atoms with Gasteiger partial charge in [0.25, 0.3) is 0 Å². The monoisotopic (exact) mass is 306 g/mol. The summed E-state index contributed by atoms with van der Waals surface area (Å²) in [4.78, 5) is 5.66. The summed E-state index contributed by atoms with van der Waals surface area (Å²) < 4.78 is 0. The molecule has 0 bridgehead atoms. The van der Waals surface area contributed by atoms with E-state index in [0.717, 1.165) is 19.4 Å². The Morgan fingerprint density at radius 2 is 2.30 bits per heavy atom. The summed E-state index contributed by atoms with van der Waals surface area (Å²) in [5.74, 6) is 3.84. The molecule has 2 atom stereocenters. The fourth-order valence-corrected chi connectivity index (χ4v) is 3.79. The number of allylic oxidation sites excluding steroid dienone is 1. The van der Waals surface area contributed by atoms with Gasteiger partial charge in [0.2, 0.25) is 0 Å². The van der Waals surface area contributed by atoms with Gasteiger partial charge in [0.1, 0.15) is 0 Å². The van der Waals surface area contributed by atoms with Crippen molar-refractivity contribution in [3.63, 3.8) is 0 Å². The normalized spacial score (nSPS) is 20.1. The number of aromatic nitrogens is 1. The molecule has 1 N–H and O–H groups in total. The largest absolute Gasteiger partial charge is 0.361 e. The Balaban J connectivity index is 1.97. The number of H-pyrrole nitrogens is 1. The molecule has 1 heterocycles. The maximum atomic E-state index is 5.43. The number of aromatic amines is 1. The van der Waals surface area contributed by atoms with Crippen molar-refractivity contribution in [3.8, 4) is 12.3 Å². The van der Waals surface area contributed by atoms with Crippen molar-refractivity contribution in [1.82, 2.24) is 9.88 Å². The van der Waals surface area contributed by atoms with Gasteiger partial charge in [0.05, 0.1) is 6.54 Å². The van der Waals surface area contributed by atoms with Gasteiger partial charge in [-0.3, -0.25) is 4.90 Å². The van der Waals surface area contributed by atoms with E-state index in [2.05, 4.69) is 67.2 Å². The van der Waals surface area contributed by atoms with Crippen molar-refractivity contribution in [2.45, 2.75) is 26.7 Å². The lowest BCUT2D eigenvalue weighted by molar-refractivity contribution is 0.329. The molecular weight excluding hydrogens is 280 g/mol. The molecule has 2 unspecified atom stereocenters. The molecule has 1 aliphatic carbocycles. The molecule has 2 heteroatoms. The summed E-state index contributed by atoms with van der Waals surface area (Å²) in [6, 6.07) is 6.61. The van der Waals surface area contributed by atoms with Crippen molar-refractivity contribution in [2.75, 3.05) is 20.1 Å². The van der Waals surface area contributed by atoms with Crippen LogP contribution in [0.15, 0.2) is 30.5 Å². The number of terminal acetylenes is 1. The van der Waals surface area contributed by atoms with Crippen LogP contribution < -0.4 is 0 Å². The highest BCUT2D eigenvalue weighted by molar-refractivity contribution is 5.97. The van der Waals surface area contributed by atoms with E-state index >= 15 is 0 Å². The molecule has 0 aliphatic heterocycles. The van der Waals surface area contributed by atoms with E-state index in [1.54, 1.807) is 0 Å². The highest BCUT2D eigenvalue weighted by atomic mass is 15.1. The lowest BCUT2D eigenvalue weighted by Gasteiger charge is -2.26. The van der Waals surface area contributed by atoms with E-state index in [0.29, 0.717) is 18.4 Å². The summed E-state index contributed by atoms with van der Waals surface area (Å²) >= 11 is 0. The van der Waals surface area contributed by atoms with Crippen molar-refractivity contribution < 1.29 is 0 Å². The molecule has 120 valence electrons. The third-order valence-corrected chi connectivity index (χ3v) is 5.00. The second-order valence-corrected chi connectivity index (χ2v) is 6.84. The highest BCUT2D eigenvalue weighted by Gasteiger charge is 2.24. The number of nitrogens with one attached hydrogen (secondary N) is 1. The molecule has 0 saturated heterocycles. The van der Waals surface area contributed by atoms with Gasteiger partial charge in [-0.25, -0.2) is 0 Å². The molecule has 1 aromatic heterocycles. The molecule has 2 aromatic rings. The standard InChI is InChI=1S/C21H26N2/c1-5-10-23(4)14-16(6-2)12-19-15(3)11-17-13-22-20-9-7-8-18(19)21(17)20/h1,7-9,12-13,15-16,22H,6,10-11,14H2,2-4H3/b19-12+. The third-order valence-electron chi connectivity index (χ3n) is 5.00. The van der Waals surface area contributed by atoms with E-state index in [1.807, 2.05) is 0 Å². The average Bonchev–Trinajstić information content (AvgIpc) is 2.94. The Morgan fingerprint density at radius 1 is 1.48 bits per heavy atom. The zero-order valence-corrected chi connectivity index (χ0v) is 14.4. The molecule has 0 radical (unpaired) electrons. The highest BCUT2D eigenvalue weighted by Crippen LogP contribution is 2.40. The SMILES string of the molecule is C#CCN(C)CC(/C=C1/c2cccc3[nH]cc(c23)CC1C)CC. The van der Waals surface area contributed by atoms with Crippen LogP contribution in [0.1, 0.15) is 31.4 Å². The quantitative estimate of drug-likeness (QED) is 0.814. The molecule has 3 rings (SSSR count). The first kappa shape index (κ1) is 15.9. The maximum absolute atomic E-state index is 5.43. The van der Waals surface area contributed by atoms with E-state index in [9.17, 15) is 0 Å². The number of nitrogens with zero attached hydrogens (tertiary/aromatic N) is 1. The van der Waals surface area contributed by atoms with Crippen molar-refractivity contribution >= 4 is 16.5 Å². The Labute approximate surface area is 139 Å². The zero-order valence-electron chi connectivity index (χ0n) is 14.4. The fourth-order valence-electron chi connectivity index (χ4n) is 3.79. The molecule has 0 spiro atoms. The van der Waals surface area contributed by atoms with Crippen LogP contribution in [0.25, 0.3) is 16.5 Å². The van der Waals surface area contributed by atoms with E-state index in [1.165, 1.54) is 27.6 Å². The van der Waals surface area contributed by atoms with E-state index in [-0.39, 0.29) is 0 Å². The van der Waals surface area contributed by atoms with Gasteiger partial charge in [-0.05, 0) is 54.5 Å². The first-order valence-electron chi connectivity index (χ1n) is 8.57. The van der Waals surface area contributed by atoms with Crippen LogP contribution in [0.4, 0.5) is 0 Å². The van der Waals surface area contributed by atoms with Gasteiger partial charge < -0.3 is 4.98 Å². The Hall–Kier alpha value is -1.98. The molecule has 1 aromatic carbocycles. The van der Waals surface area contributed by atoms with E-state index in [4.69, 9.17) is 6.42 Å². The Morgan fingerprint density at radius 3 is 3.04 bits per heavy atom. The number of rotatable bonds is 5. The second-order valence-electron chi connectivity index (χ2n) is 6.84. The summed E-state index contributed by atoms with van der Waals surface area (Å²) in [6.45, 7) is 6.35. The summed E-state index contributed by atoms with van der Waals surface area (Å²) in [7, 11) is 2.11. The van der Waals surface area contributed by atoms with E-state index < -0.39 is 0 Å². The van der Waals surface area contributed by atoms with Gasteiger partial charge >= 0.3 is 0 Å². The zero-order chi connectivity index (χ0) is 16.4. The minimum atomic E-state index is 0.543. The first-order valence-corrected chi connectivity index (χ1v) is 8.57. The second kappa shape index (κ2) is 6.64. The minimum Gasteiger partial charge on any atom is -0.361 e. The van der Waals surface area contributed by atoms with Crippen LogP contribution in [0.5, 0.6) is 0 Å². The van der Waals surface area contributed by atoms with Crippen LogP contribution in [0, 0.1) is 24.2 Å². The van der Waals surface area contributed by atoms with Crippen LogP contribution in [0.2, 0.25) is 0 Å². The topological polar surface area (TPSA) is 19.0 Å². The summed E-state index contributed by atoms with van der Waals surface area (Å²) in [5, 5.41) is 1.42. The molecule has 0 amide bonds. The third kappa shape index (κ3) is 3.07. The van der Waals surface area contributed by atoms with Crippen LogP contribution in [-0.4, -0.2) is 30.0 Å². The van der Waals surface area contributed by atoms with Gasteiger partial charge in [-0.15, -0.1) is 6.42 Å². The van der Waals surface area contributed by atoms with Crippen molar-refractivity contribution in [1.29, 1.82) is 0 Å². The molecular formula is C21H26N2. The summed E-state index contributed by atoms with van der Waals surface area (Å²) in [6.07, 6.45) is 12.4. The lowest BCUT2D eigenvalue weighted by atomic mass is 9.79. The number of benzene rings is 1. The molecule has 0 fully saturated rings. The van der Waals surface area contributed by atoms with Crippen molar-refractivity contribution in [2.24, 2.45) is 11.8 Å². The van der Waals surface area contributed by atoms with Gasteiger partial charge in [-0.2, -0.15) is 0 Å². The number of hydrogen-bond acceptors (Lipinski definition) is 1. The van der Waals surface area contributed by atoms with Gasteiger partial charge in [0.15, 0.2) is 0 Å². The van der Waals surface area contributed by atoms with Crippen LogP contribution in [-0.2, 0) is 6.42 Å². The Kier molecular flexibility index (Phi) is 4.59. The Bertz CT molecular complexity index is 760. The van der Waals surface area contributed by atoms with Crippen LogP contribution >= 0.6 is 0 Å². The minimum absolute atomic E-state index is 0.543. The molecule has 23 heavy (non-hydrogen) atoms. The average molecular weight is 306 g/mol. The first-order chi connectivity index (χ1) is 11.1.